The summed E-state index contributed by atoms with van der Waals surface area (Å²) in [4.78, 5) is 21.1. The van der Waals surface area contributed by atoms with E-state index in [2.05, 4.69) is 20.0 Å². The molecule has 0 atom stereocenters. The molecular weight excluding hydrogens is 282 g/mol. The van der Waals surface area contributed by atoms with Gasteiger partial charge in [0, 0.05) is 24.7 Å². The van der Waals surface area contributed by atoms with E-state index >= 15 is 0 Å². The summed E-state index contributed by atoms with van der Waals surface area (Å²) in [5.74, 6) is 1.06. The van der Waals surface area contributed by atoms with E-state index in [1.165, 1.54) is 0 Å². The third kappa shape index (κ3) is 2.25. The molecule has 3 aromatic rings. The Morgan fingerprint density at radius 2 is 1.91 bits per heavy atom. The molecule has 112 valence electrons. The van der Waals surface area contributed by atoms with Gasteiger partial charge in [-0.3, -0.25) is 9.78 Å². The molecule has 1 fully saturated rings. The van der Waals surface area contributed by atoms with Crippen LogP contribution in [0.2, 0.25) is 0 Å². The molecule has 0 aliphatic carbocycles. The van der Waals surface area contributed by atoms with Crippen LogP contribution in [0.5, 0.6) is 0 Å². The number of morpholine rings is 1. The molecule has 3 heterocycles. The van der Waals surface area contributed by atoms with Crippen molar-refractivity contribution in [2.45, 2.75) is 0 Å². The fraction of sp³-hybridized carbons (Fsp3) is 0.267. The summed E-state index contributed by atoms with van der Waals surface area (Å²) >= 11 is 0. The number of fused-ring (bicyclic) bond motifs is 1. The molecule has 0 unspecified atom stereocenters. The number of rotatable bonds is 2. The second-order valence-electron chi connectivity index (χ2n) is 5.13. The van der Waals surface area contributed by atoms with Crippen LogP contribution < -0.4 is 10.5 Å². The van der Waals surface area contributed by atoms with Gasteiger partial charge < -0.3 is 9.64 Å². The van der Waals surface area contributed by atoms with Crippen LogP contribution in [0.25, 0.3) is 17.0 Å². The summed E-state index contributed by atoms with van der Waals surface area (Å²) in [5, 5.41) is 4.56. The Morgan fingerprint density at radius 1 is 1.14 bits per heavy atom. The van der Waals surface area contributed by atoms with E-state index in [4.69, 9.17) is 4.74 Å². The molecule has 0 bridgehead atoms. The molecular formula is C15H15N5O2. The molecule has 0 radical (unpaired) electrons. The molecule has 22 heavy (non-hydrogen) atoms. The van der Waals surface area contributed by atoms with Crippen molar-refractivity contribution in [2.75, 3.05) is 31.2 Å². The lowest BCUT2D eigenvalue weighted by Crippen LogP contribution is -2.36. The van der Waals surface area contributed by atoms with E-state index < -0.39 is 0 Å². The average Bonchev–Trinajstić information content (AvgIpc) is 2.99. The van der Waals surface area contributed by atoms with Crippen LogP contribution >= 0.6 is 0 Å². The number of hydrogen-bond acceptors (Lipinski definition) is 5. The van der Waals surface area contributed by atoms with Crippen molar-refractivity contribution < 1.29 is 4.74 Å². The number of H-pyrrole nitrogens is 1. The van der Waals surface area contributed by atoms with Crippen molar-refractivity contribution in [1.82, 2.24) is 19.6 Å². The van der Waals surface area contributed by atoms with Gasteiger partial charge in [-0.25, -0.2) is 0 Å². The lowest BCUT2D eigenvalue weighted by molar-refractivity contribution is 0.122. The molecule has 1 saturated heterocycles. The summed E-state index contributed by atoms with van der Waals surface area (Å²) in [6, 6.07) is 11.2. The van der Waals surface area contributed by atoms with Crippen LogP contribution in [0.4, 0.5) is 5.95 Å². The Balaban J connectivity index is 1.86. The lowest BCUT2D eigenvalue weighted by atomic mass is 10.1. The van der Waals surface area contributed by atoms with Crippen LogP contribution in [-0.2, 0) is 4.74 Å². The number of anilines is 1. The molecule has 7 heteroatoms. The summed E-state index contributed by atoms with van der Waals surface area (Å²) in [6.07, 6.45) is 0. The topological polar surface area (TPSA) is 75.5 Å². The fourth-order valence-electron chi connectivity index (χ4n) is 2.59. The standard InChI is InChI=1S/C15H15N5O2/c21-13-10-12(11-4-2-1-3-5-11)20-14(16-13)17-15(18-20)19-6-8-22-9-7-19/h1-5,10H,6-9H2,(H,16,17,18,21). The predicted molar refractivity (Wildman–Crippen MR) is 82.1 cm³/mol. The van der Waals surface area contributed by atoms with Gasteiger partial charge in [0.05, 0.1) is 18.9 Å². The van der Waals surface area contributed by atoms with Gasteiger partial charge in [0.15, 0.2) is 0 Å². The average molecular weight is 297 g/mol. The monoisotopic (exact) mass is 297 g/mol. The van der Waals surface area contributed by atoms with Crippen molar-refractivity contribution in [3.05, 3.63) is 46.8 Å². The SMILES string of the molecule is O=c1cc(-c2ccccc2)n2nc(N3CCOCC3)nc2[nH]1. The number of hydrogen-bond donors (Lipinski definition) is 1. The first kappa shape index (κ1) is 13.0. The van der Waals surface area contributed by atoms with Crippen molar-refractivity contribution >= 4 is 11.7 Å². The van der Waals surface area contributed by atoms with Crippen LogP contribution in [0, 0.1) is 0 Å². The van der Waals surface area contributed by atoms with Gasteiger partial charge in [-0.1, -0.05) is 30.3 Å². The Morgan fingerprint density at radius 3 is 2.68 bits per heavy atom. The minimum Gasteiger partial charge on any atom is -0.378 e. The van der Waals surface area contributed by atoms with Gasteiger partial charge in [-0.15, -0.1) is 5.10 Å². The Labute approximate surface area is 126 Å². The second kappa shape index (κ2) is 5.27. The van der Waals surface area contributed by atoms with Gasteiger partial charge in [-0.2, -0.15) is 9.50 Å². The third-order valence-electron chi connectivity index (χ3n) is 3.69. The van der Waals surface area contributed by atoms with E-state index in [1.807, 2.05) is 30.3 Å². The van der Waals surface area contributed by atoms with Crippen molar-refractivity contribution in [1.29, 1.82) is 0 Å². The molecule has 1 N–H and O–H groups in total. The quantitative estimate of drug-likeness (QED) is 0.761. The highest BCUT2D eigenvalue weighted by atomic mass is 16.5. The largest absolute Gasteiger partial charge is 0.378 e. The summed E-state index contributed by atoms with van der Waals surface area (Å²) in [5.41, 5.74) is 1.47. The zero-order valence-electron chi connectivity index (χ0n) is 11.9. The molecule has 0 spiro atoms. The van der Waals surface area contributed by atoms with Gasteiger partial charge in [-0.05, 0) is 0 Å². The van der Waals surface area contributed by atoms with Crippen molar-refractivity contribution in [3.8, 4) is 11.3 Å². The van der Waals surface area contributed by atoms with E-state index in [1.54, 1.807) is 10.6 Å². The number of aromatic nitrogens is 4. The number of benzene rings is 1. The molecule has 2 aromatic heterocycles. The van der Waals surface area contributed by atoms with Crippen molar-refractivity contribution in [3.63, 3.8) is 0 Å². The summed E-state index contributed by atoms with van der Waals surface area (Å²) in [6.45, 7) is 2.83. The minimum absolute atomic E-state index is 0.188. The fourth-order valence-corrected chi connectivity index (χ4v) is 2.59. The van der Waals surface area contributed by atoms with E-state index in [9.17, 15) is 4.79 Å². The lowest BCUT2D eigenvalue weighted by Gasteiger charge is -2.25. The molecule has 1 aliphatic heterocycles. The maximum absolute atomic E-state index is 11.9. The van der Waals surface area contributed by atoms with E-state index in [-0.39, 0.29) is 5.56 Å². The summed E-state index contributed by atoms with van der Waals surface area (Å²) in [7, 11) is 0. The van der Waals surface area contributed by atoms with Gasteiger partial charge in [0.2, 0.25) is 11.7 Å². The summed E-state index contributed by atoms with van der Waals surface area (Å²) < 4.78 is 7.03. The first-order valence-electron chi connectivity index (χ1n) is 7.19. The molecule has 0 amide bonds. The van der Waals surface area contributed by atoms with E-state index in [0.717, 1.165) is 24.3 Å². The third-order valence-corrected chi connectivity index (χ3v) is 3.69. The molecule has 7 nitrogen and oxygen atoms in total. The highest BCUT2D eigenvalue weighted by molar-refractivity contribution is 5.61. The highest BCUT2D eigenvalue weighted by Gasteiger charge is 2.18. The maximum atomic E-state index is 11.9. The highest BCUT2D eigenvalue weighted by Crippen LogP contribution is 2.19. The normalized spacial score (nSPS) is 15.4. The zero-order chi connectivity index (χ0) is 14.9. The van der Waals surface area contributed by atoms with Gasteiger partial charge in [0.1, 0.15) is 0 Å². The first-order chi connectivity index (χ1) is 10.8. The number of ether oxygens (including phenoxy) is 1. The number of nitrogens with zero attached hydrogens (tertiary/aromatic N) is 4. The van der Waals surface area contributed by atoms with Crippen LogP contribution in [-0.4, -0.2) is 45.9 Å². The molecule has 1 aromatic carbocycles. The minimum atomic E-state index is -0.188. The first-order valence-corrected chi connectivity index (χ1v) is 7.19. The smallest absolute Gasteiger partial charge is 0.252 e. The number of aromatic amines is 1. The predicted octanol–water partition coefficient (Wildman–Crippen LogP) is 0.921. The molecule has 1 aliphatic rings. The van der Waals surface area contributed by atoms with Gasteiger partial charge in [0.25, 0.3) is 5.56 Å². The van der Waals surface area contributed by atoms with Crippen molar-refractivity contribution in [2.24, 2.45) is 0 Å². The van der Waals surface area contributed by atoms with Crippen LogP contribution in [0.15, 0.2) is 41.2 Å². The van der Waals surface area contributed by atoms with Crippen LogP contribution in [0.1, 0.15) is 0 Å². The van der Waals surface area contributed by atoms with Gasteiger partial charge >= 0.3 is 0 Å². The number of nitrogens with one attached hydrogen (secondary N) is 1. The Bertz CT molecular complexity index is 849. The molecule has 0 saturated carbocycles. The molecule has 4 rings (SSSR count). The Kier molecular flexibility index (Phi) is 3.12. The zero-order valence-corrected chi connectivity index (χ0v) is 11.9. The van der Waals surface area contributed by atoms with Crippen LogP contribution in [0.3, 0.4) is 0 Å². The maximum Gasteiger partial charge on any atom is 0.252 e. The Hall–Kier alpha value is -2.67. The van der Waals surface area contributed by atoms with E-state index in [0.29, 0.717) is 24.9 Å². The second-order valence-corrected chi connectivity index (χ2v) is 5.13.